The van der Waals surface area contributed by atoms with Crippen LogP contribution in [0.15, 0.2) is 47.5 Å². The standard InChI is InChI=1S/C20H29N5O/c1-5-21-20(22-13-14-26-18-11-9-16(2)10-12-18)23-15-17-7-6-8-19(24-17)25(3)4/h6-12H,5,13-15H2,1-4H3,(H2,21,22,23). The Morgan fingerprint density at radius 1 is 1.12 bits per heavy atom. The summed E-state index contributed by atoms with van der Waals surface area (Å²) in [6, 6.07) is 14.0. The highest BCUT2D eigenvalue weighted by atomic mass is 16.5. The Balaban J connectivity index is 1.84. The molecule has 0 amide bonds. The van der Waals surface area contributed by atoms with Crippen LogP contribution in [-0.4, -0.2) is 44.7 Å². The van der Waals surface area contributed by atoms with Gasteiger partial charge in [-0.1, -0.05) is 23.8 Å². The van der Waals surface area contributed by atoms with Gasteiger partial charge in [0.05, 0.1) is 18.8 Å². The maximum absolute atomic E-state index is 5.73. The van der Waals surface area contributed by atoms with Gasteiger partial charge in [-0.15, -0.1) is 0 Å². The minimum absolute atomic E-state index is 0.524. The van der Waals surface area contributed by atoms with Crippen molar-refractivity contribution in [2.45, 2.75) is 20.4 Å². The van der Waals surface area contributed by atoms with Crippen LogP contribution < -0.4 is 20.3 Å². The quantitative estimate of drug-likeness (QED) is 0.433. The highest BCUT2D eigenvalue weighted by Crippen LogP contribution is 2.11. The second kappa shape index (κ2) is 10.3. The molecule has 0 fully saturated rings. The molecule has 0 aliphatic carbocycles. The molecule has 1 heterocycles. The predicted octanol–water partition coefficient (Wildman–Crippen LogP) is 2.59. The van der Waals surface area contributed by atoms with Crippen LogP contribution in [0, 0.1) is 6.92 Å². The molecular weight excluding hydrogens is 326 g/mol. The summed E-state index contributed by atoms with van der Waals surface area (Å²) < 4.78 is 5.73. The van der Waals surface area contributed by atoms with Gasteiger partial charge in [-0.2, -0.15) is 0 Å². The molecule has 0 atom stereocenters. The first-order chi connectivity index (χ1) is 12.6. The summed E-state index contributed by atoms with van der Waals surface area (Å²) in [4.78, 5) is 11.2. The number of anilines is 1. The fraction of sp³-hybridized carbons (Fsp3) is 0.400. The first-order valence-electron chi connectivity index (χ1n) is 8.93. The molecule has 6 heteroatoms. The molecule has 2 aromatic rings. The topological polar surface area (TPSA) is 61.8 Å². The van der Waals surface area contributed by atoms with Gasteiger partial charge in [-0.05, 0) is 38.1 Å². The van der Waals surface area contributed by atoms with Gasteiger partial charge in [0, 0.05) is 20.6 Å². The Morgan fingerprint density at radius 2 is 1.88 bits per heavy atom. The minimum Gasteiger partial charge on any atom is -0.492 e. The molecular formula is C20H29N5O. The van der Waals surface area contributed by atoms with Crippen molar-refractivity contribution < 1.29 is 4.74 Å². The molecule has 0 saturated carbocycles. The number of aliphatic imine (C=N–C) groups is 1. The lowest BCUT2D eigenvalue weighted by Crippen LogP contribution is -2.39. The molecule has 2 rings (SSSR count). The zero-order chi connectivity index (χ0) is 18.8. The Hall–Kier alpha value is -2.76. The number of guanidine groups is 1. The molecule has 0 radical (unpaired) electrons. The number of hydrogen-bond donors (Lipinski definition) is 2. The van der Waals surface area contributed by atoms with Gasteiger partial charge < -0.3 is 20.3 Å². The number of nitrogens with one attached hydrogen (secondary N) is 2. The van der Waals surface area contributed by atoms with E-state index in [2.05, 4.69) is 27.5 Å². The van der Waals surface area contributed by atoms with E-state index in [0.29, 0.717) is 19.7 Å². The molecule has 1 aromatic carbocycles. The average molecular weight is 355 g/mol. The molecule has 140 valence electrons. The van der Waals surface area contributed by atoms with Crippen LogP contribution in [0.4, 0.5) is 5.82 Å². The normalized spacial score (nSPS) is 11.2. The van der Waals surface area contributed by atoms with Crippen molar-refractivity contribution >= 4 is 11.8 Å². The van der Waals surface area contributed by atoms with Crippen molar-refractivity contribution in [3.63, 3.8) is 0 Å². The van der Waals surface area contributed by atoms with Crippen LogP contribution in [0.25, 0.3) is 0 Å². The highest BCUT2D eigenvalue weighted by molar-refractivity contribution is 5.79. The number of ether oxygens (including phenoxy) is 1. The van der Waals surface area contributed by atoms with Gasteiger partial charge in [-0.3, -0.25) is 0 Å². The fourth-order valence-electron chi connectivity index (χ4n) is 2.28. The average Bonchev–Trinajstić information content (AvgIpc) is 2.64. The molecule has 0 bridgehead atoms. The first kappa shape index (κ1) is 19.6. The van der Waals surface area contributed by atoms with E-state index in [1.165, 1.54) is 5.56 Å². The van der Waals surface area contributed by atoms with E-state index < -0.39 is 0 Å². The number of nitrogens with zero attached hydrogens (tertiary/aromatic N) is 3. The molecule has 1 aromatic heterocycles. The molecule has 0 aliphatic rings. The van der Waals surface area contributed by atoms with Crippen LogP contribution in [0.5, 0.6) is 5.75 Å². The van der Waals surface area contributed by atoms with Crippen molar-refractivity contribution in [1.82, 2.24) is 15.6 Å². The second-order valence-electron chi connectivity index (χ2n) is 6.17. The van der Waals surface area contributed by atoms with E-state index in [0.717, 1.165) is 29.8 Å². The van der Waals surface area contributed by atoms with E-state index in [4.69, 9.17) is 4.74 Å². The number of rotatable bonds is 8. The molecule has 6 nitrogen and oxygen atoms in total. The van der Waals surface area contributed by atoms with Gasteiger partial charge >= 0.3 is 0 Å². The van der Waals surface area contributed by atoms with Gasteiger partial charge in [0.1, 0.15) is 18.2 Å². The number of benzene rings is 1. The first-order valence-corrected chi connectivity index (χ1v) is 8.93. The van der Waals surface area contributed by atoms with Crippen molar-refractivity contribution in [1.29, 1.82) is 0 Å². The monoisotopic (exact) mass is 355 g/mol. The summed E-state index contributed by atoms with van der Waals surface area (Å²) in [5, 5.41) is 6.53. The molecule has 0 aliphatic heterocycles. The third-order valence-corrected chi connectivity index (χ3v) is 3.68. The van der Waals surface area contributed by atoms with Gasteiger partial charge in [0.2, 0.25) is 0 Å². The number of aryl methyl sites for hydroxylation is 1. The zero-order valence-electron chi connectivity index (χ0n) is 16.1. The summed E-state index contributed by atoms with van der Waals surface area (Å²) in [6.45, 7) is 6.68. The maximum atomic E-state index is 5.73. The summed E-state index contributed by atoms with van der Waals surface area (Å²) in [6.07, 6.45) is 0. The van der Waals surface area contributed by atoms with Crippen molar-refractivity contribution in [3.8, 4) is 5.75 Å². The van der Waals surface area contributed by atoms with Crippen LogP contribution in [0.2, 0.25) is 0 Å². The maximum Gasteiger partial charge on any atom is 0.191 e. The Kier molecular flexibility index (Phi) is 7.74. The SMILES string of the molecule is CCNC(=NCc1cccc(N(C)C)n1)NCCOc1ccc(C)cc1. The lowest BCUT2D eigenvalue weighted by Gasteiger charge is -2.13. The molecule has 26 heavy (non-hydrogen) atoms. The third-order valence-electron chi connectivity index (χ3n) is 3.68. The zero-order valence-corrected chi connectivity index (χ0v) is 16.1. The number of pyridine rings is 1. The van der Waals surface area contributed by atoms with E-state index in [1.807, 2.05) is 68.4 Å². The van der Waals surface area contributed by atoms with E-state index in [-0.39, 0.29) is 0 Å². The van der Waals surface area contributed by atoms with Crippen molar-refractivity contribution in [2.75, 3.05) is 38.7 Å². The molecule has 0 spiro atoms. The smallest absolute Gasteiger partial charge is 0.191 e. The van der Waals surface area contributed by atoms with Crippen LogP contribution in [0.1, 0.15) is 18.2 Å². The van der Waals surface area contributed by atoms with E-state index in [1.54, 1.807) is 0 Å². The van der Waals surface area contributed by atoms with Gasteiger partial charge in [-0.25, -0.2) is 9.98 Å². The summed E-state index contributed by atoms with van der Waals surface area (Å²) in [5.74, 6) is 2.57. The molecule has 0 unspecified atom stereocenters. The van der Waals surface area contributed by atoms with Crippen molar-refractivity contribution in [2.24, 2.45) is 4.99 Å². The number of aromatic nitrogens is 1. The largest absolute Gasteiger partial charge is 0.492 e. The Morgan fingerprint density at radius 3 is 2.58 bits per heavy atom. The lowest BCUT2D eigenvalue weighted by atomic mass is 10.2. The van der Waals surface area contributed by atoms with E-state index >= 15 is 0 Å². The fourth-order valence-corrected chi connectivity index (χ4v) is 2.28. The van der Waals surface area contributed by atoms with Gasteiger partial charge in [0.25, 0.3) is 0 Å². The van der Waals surface area contributed by atoms with Crippen LogP contribution >= 0.6 is 0 Å². The third kappa shape index (κ3) is 6.63. The van der Waals surface area contributed by atoms with Crippen LogP contribution in [0.3, 0.4) is 0 Å². The Labute approximate surface area is 156 Å². The van der Waals surface area contributed by atoms with Crippen LogP contribution in [-0.2, 0) is 6.54 Å². The minimum atomic E-state index is 0.524. The highest BCUT2D eigenvalue weighted by Gasteiger charge is 2.01. The van der Waals surface area contributed by atoms with Crippen molar-refractivity contribution in [3.05, 3.63) is 53.7 Å². The number of hydrogen-bond acceptors (Lipinski definition) is 4. The molecule has 0 saturated heterocycles. The van der Waals surface area contributed by atoms with Gasteiger partial charge in [0.15, 0.2) is 5.96 Å². The summed E-state index contributed by atoms with van der Waals surface area (Å²) in [5.41, 5.74) is 2.16. The summed E-state index contributed by atoms with van der Waals surface area (Å²) >= 11 is 0. The molecule has 2 N–H and O–H groups in total. The summed E-state index contributed by atoms with van der Waals surface area (Å²) in [7, 11) is 3.96. The second-order valence-corrected chi connectivity index (χ2v) is 6.17. The van der Waals surface area contributed by atoms with E-state index in [9.17, 15) is 0 Å². The predicted molar refractivity (Wildman–Crippen MR) is 108 cm³/mol. The lowest BCUT2D eigenvalue weighted by molar-refractivity contribution is 0.322. The Bertz CT molecular complexity index is 698.